The van der Waals surface area contributed by atoms with Crippen LogP contribution in [0.15, 0.2) is 0 Å². The van der Waals surface area contributed by atoms with E-state index >= 15 is 0 Å². The zero-order valence-corrected chi connectivity index (χ0v) is 13.5. The standard InChI is InChI=1S/C18H31NO/c1-16(2,3)15-10-6-9-13-18(15,20)17(14-19)11-7-4-5-8-12-17/h15,20H,4-13H2,1-3H3. The maximum absolute atomic E-state index is 11.6. The number of nitriles is 1. The highest BCUT2D eigenvalue weighted by Crippen LogP contribution is 2.56. The van der Waals surface area contributed by atoms with Crippen molar-refractivity contribution < 1.29 is 5.11 Å². The zero-order chi connectivity index (χ0) is 14.9. The van der Waals surface area contributed by atoms with Gasteiger partial charge in [0.05, 0.1) is 17.1 Å². The fourth-order valence-corrected chi connectivity index (χ4v) is 4.85. The molecule has 0 aromatic carbocycles. The summed E-state index contributed by atoms with van der Waals surface area (Å²) < 4.78 is 0. The summed E-state index contributed by atoms with van der Waals surface area (Å²) in [5.41, 5.74) is -1.20. The molecule has 0 aliphatic heterocycles. The highest BCUT2D eigenvalue weighted by atomic mass is 16.3. The van der Waals surface area contributed by atoms with Crippen LogP contribution in [0, 0.1) is 28.1 Å². The molecule has 0 aromatic heterocycles. The molecular weight excluding hydrogens is 246 g/mol. The molecule has 2 unspecified atom stereocenters. The van der Waals surface area contributed by atoms with Crippen LogP contribution in [0.2, 0.25) is 0 Å². The molecule has 2 aliphatic carbocycles. The Labute approximate surface area is 124 Å². The molecule has 0 radical (unpaired) electrons. The Balaban J connectivity index is 2.40. The van der Waals surface area contributed by atoms with Crippen LogP contribution in [-0.4, -0.2) is 10.7 Å². The number of nitrogens with zero attached hydrogens (tertiary/aromatic N) is 1. The fraction of sp³-hybridized carbons (Fsp3) is 0.944. The predicted octanol–water partition coefficient (Wildman–Crippen LogP) is 4.82. The van der Waals surface area contributed by atoms with Crippen molar-refractivity contribution in [3.05, 3.63) is 0 Å². The van der Waals surface area contributed by atoms with Gasteiger partial charge in [0, 0.05) is 0 Å². The van der Waals surface area contributed by atoms with Crippen LogP contribution >= 0.6 is 0 Å². The Morgan fingerprint density at radius 3 is 2.00 bits per heavy atom. The number of hydrogen-bond acceptors (Lipinski definition) is 2. The van der Waals surface area contributed by atoms with Gasteiger partial charge >= 0.3 is 0 Å². The molecular formula is C18H31NO. The lowest BCUT2D eigenvalue weighted by molar-refractivity contribution is -0.159. The molecule has 1 N–H and O–H groups in total. The third-order valence-electron chi connectivity index (χ3n) is 5.92. The van der Waals surface area contributed by atoms with Crippen molar-refractivity contribution >= 4 is 0 Å². The smallest absolute Gasteiger partial charge is 0.0866 e. The highest BCUT2D eigenvalue weighted by Gasteiger charge is 2.57. The topological polar surface area (TPSA) is 44.0 Å². The summed E-state index contributed by atoms with van der Waals surface area (Å²) in [5.74, 6) is 0.251. The van der Waals surface area contributed by atoms with Crippen LogP contribution < -0.4 is 0 Å². The monoisotopic (exact) mass is 277 g/mol. The van der Waals surface area contributed by atoms with Crippen molar-refractivity contribution in [2.24, 2.45) is 16.7 Å². The van der Waals surface area contributed by atoms with Crippen LogP contribution in [0.25, 0.3) is 0 Å². The molecule has 114 valence electrons. The summed E-state index contributed by atoms with van der Waals surface area (Å²) in [6, 6.07) is 2.62. The van der Waals surface area contributed by atoms with Gasteiger partial charge in [-0.15, -0.1) is 0 Å². The summed E-state index contributed by atoms with van der Waals surface area (Å²) in [6.07, 6.45) is 10.6. The molecule has 0 aromatic rings. The van der Waals surface area contributed by atoms with Gasteiger partial charge < -0.3 is 5.11 Å². The maximum atomic E-state index is 11.6. The van der Waals surface area contributed by atoms with Crippen molar-refractivity contribution in [2.75, 3.05) is 0 Å². The van der Waals surface area contributed by atoms with Gasteiger partial charge in [0.15, 0.2) is 0 Å². The van der Waals surface area contributed by atoms with Gasteiger partial charge in [0.1, 0.15) is 0 Å². The van der Waals surface area contributed by atoms with E-state index in [-0.39, 0.29) is 11.3 Å². The first-order valence-corrected chi connectivity index (χ1v) is 8.49. The first-order chi connectivity index (χ1) is 9.36. The lowest BCUT2D eigenvalue weighted by atomic mass is 9.53. The van der Waals surface area contributed by atoms with E-state index in [9.17, 15) is 10.4 Å². The van der Waals surface area contributed by atoms with Crippen LogP contribution in [0.1, 0.15) is 85.0 Å². The molecule has 2 fully saturated rings. The minimum absolute atomic E-state index is 0.0747. The number of hydrogen-bond donors (Lipinski definition) is 1. The molecule has 2 heteroatoms. The van der Waals surface area contributed by atoms with Crippen LogP contribution in [0.3, 0.4) is 0 Å². The average Bonchev–Trinajstić information content (AvgIpc) is 2.64. The Bertz CT molecular complexity index is 368. The van der Waals surface area contributed by atoms with Crippen molar-refractivity contribution in [2.45, 2.75) is 90.6 Å². The van der Waals surface area contributed by atoms with E-state index in [0.29, 0.717) is 0 Å². The van der Waals surface area contributed by atoms with Gasteiger partial charge in [-0.25, -0.2) is 0 Å². The van der Waals surface area contributed by atoms with Gasteiger partial charge in [-0.05, 0) is 37.0 Å². The molecule has 2 saturated carbocycles. The van der Waals surface area contributed by atoms with Crippen molar-refractivity contribution in [3.63, 3.8) is 0 Å². The van der Waals surface area contributed by atoms with E-state index in [2.05, 4.69) is 26.8 Å². The molecule has 2 rings (SSSR count). The molecule has 0 spiro atoms. The summed E-state index contributed by atoms with van der Waals surface area (Å²) in [6.45, 7) is 6.70. The number of aliphatic hydroxyl groups is 1. The largest absolute Gasteiger partial charge is 0.388 e. The minimum Gasteiger partial charge on any atom is -0.388 e. The number of rotatable bonds is 1. The SMILES string of the molecule is CC(C)(C)C1CCCCC1(O)C1(C#N)CCCCCC1. The van der Waals surface area contributed by atoms with Gasteiger partial charge in [-0.3, -0.25) is 0 Å². The highest BCUT2D eigenvalue weighted by molar-refractivity contribution is 5.16. The van der Waals surface area contributed by atoms with Crippen LogP contribution in [0.5, 0.6) is 0 Å². The summed E-state index contributed by atoms with van der Waals surface area (Å²) in [5, 5.41) is 21.6. The molecule has 2 nitrogen and oxygen atoms in total. The second kappa shape index (κ2) is 5.68. The van der Waals surface area contributed by atoms with E-state index in [1.165, 1.54) is 19.3 Å². The summed E-state index contributed by atoms with van der Waals surface area (Å²) in [7, 11) is 0. The normalized spacial score (nSPS) is 35.0. The van der Waals surface area contributed by atoms with Gasteiger partial charge in [0.25, 0.3) is 0 Å². The van der Waals surface area contributed by atoms with Crippen LogP contribution in [-0.2, 0) is 0 Å². The summed E-state index contributed by atoms with van der Waals surface area (Å²) in [4.78, 5) is 0. The summed E-state index contributed by atoms with van der Waals surface area (Å²) >= 11 is 0. The first-order valence-electron chi connectivity index (χ1n) is 8.49. The van der Waals surface area contributed by atoms with E-state index in [1.54, 1.807) is 0 Å². The van der Waals surface area contributed by atoms with Crippen molar-refractivity contribution in [3.8, 4) is 6.07 Å². The minimum atomic E-state index is -0.775. The Hall–Kier alpha value is -0.550. The van der Waals surface area contributed by atoms with E-state index in [0.717, 1.165) is 44.9 Å². The lowest BCUT2D eigenvalue weighted by Gasteiger charge is -2.54. The molecule has 0 saturated heterocycles. The third-order valence-corrected chi connectivity index (χ3v) is 5.92. The lowest BCUT2D eigenvalue weighted by Crippen LogP contribution is -2.57. The van der Waals surface area contributed by atoms with Crippen molar-refractivity contribution in [1.82, 2.24) is 0 Å². The zero-order valence-electron chi connectivity index (χ0n) is 13.5. The Kier molecular flexibility index (Phi) is 4.50. The molecule has 20 heavy (non-hydrogen) atoms. The maximum Gasteiger partial charge on any atom is 0.0866 e. The quantitative estimate of drug-likeness (QED) is 0.698. The molecule has 2 aliphatic rings. The molecule has 0 amide bonds. The first kappa shape index (κ1) is 15.8. The van der Waals surface area contributed by atoms with Crippen LogP contribution in [0.4, 0.5) is 0 Å². The Morgan fingerprint density at radius 1 is 0.950 bits per heavy atom. The molecule has 0 heterocycles. The predicted molar refractivity (Wildman–Crippen MR) is 82.1 cm³/mol. The fourth-order valence-electron chi connectivity index (χ4n) is 4.85. The molecule has 0 bridgehead atoms. The van der Waals surface area contributed by atoms with Gasteiger partial charge in [0.2, 0.25) is 0 Å². The van der Waals surface area contributed by atoms with E-state index in [1.807, 2.05) is 0 Å². The molecule has 2 atom stereocenters. The van der Waals surface area contributed by atoms with E-state index < -0.39 is 11.0 Å². The second-order valence-corrected chi connectivity index (χ2v) is 8.20. The van der Waals surface area contributed by atoms with E-state index in [4.69, 9.17) is 0 Å². The van der Waals surface area contributed by atoms with Gasteiger partial charge in [-0.1, -0.05) is 59.3 Å². The average molecular weight is 277 g/mol. The second-order valence-electron chi connectivity index (χ2n) is 8.20. The van der Waals surface area contributed by atoms with Gasteiger partial charge in [-0.2, -0.15) is 5.26 Å². The van der Waals surface area contributed by atoms with Crippen molar-refractivity contribution in [1.29, 1.82) is 5.26 Å². The third kappa shape index (κ3) is 2.62. The Morgan fingerprint density at radius 2 is 1.50 bits per heavy atom.